The van der Waals surface area contributed by atoms with Crippen molar-refractivity contribution in [2.24, 2.45) is 5.10 Å². The second kappa shape index (κ2) is 7.54. The molecule has 0 aliphatic rings. The first-order valence-corrected chi connectivity index (χ1v) is 8.91. The van der Waals surface area contributed by atoms with E-state index in [-0.39, 0.29) is 5.69 Å². The van der Waals surface area contributed by atoms with Crippen molar-refractivity contribution in [3.05, 3.63) is 99.7 Å². The smallest absolute Gasteiger partial charge is 0.294 e. The summed E-state index contributed by atoms with van der Waals surface area (Å²) in [6.07, 6.45) is 1.58. The minimum absolute atomic E-state index is 0.0440. The van der Waals surface area contributed by atoms with E-state index in [0.717, 1.165) is 22.2 Å². The highest BCUT2D eigenvalue weighted by Crippen LogP contribution is 2.32. The zero-order valence-electron chi connectivity index (χ0n) is 14.6. The molecule has 1 aromatic heterocycles. The largest absolute Gasteiger partial charge is 0.300 e. The summed E-state index contributed by atoms with van der Waals surface area (Å²) in [5.41, 5.74) is 5.63. The number of nitrogens with one attached hydrogen (secondary N) is 1. The lowest BCUT2D eigenvalue weighted by Gasteiger charge is -2.06. The number of hydrazone groups is 1. The van der Waals surface area contributed by atoms with Gasteiger partial charge in [0.15, 0.2) is 0 Å². The highest BCUT2D eigenvalue weighted by molar-refractivity contribution is 6.34. The maximum Gasteiger partial charge on any atom is 0.294 e. The molecule has 0 bridgehead atoms. The molecule has 1 heterocycles. The average Bonchev–Trinajstić information content (AvgIpc) is 3.00. The number of aromatic nitrogens is 1. The monoisotopic (exact) mass is 390 g/mol. The van der Waals surface area contributed by atoms with Gasteiger partial charge in [-0.15, -0.1) is 0 Å². The van der Waals surface area contributed by atoms with Crippen molar-refractivity contribution in [1.29, 1.82) is 0 Å². The molecule has 0 spiro atoms. The van der Waals surface area contributed by atoms with Gasteiger partial charge in [0.2, 0.25) is 0 Å². The standard InChI is InChI=1S/C21H15ClN4O2/c22-21-17(14-23-24-18-11-5-7-13-20(18)26(27)28)16-10-4-6-12-19(16)25(21)15-8-2-1-3-9-15/h1-14,24H. The first-order valence-electron chi connectivity index (χ1n) is 8.53. The van der Waals surface area contributed by atoms with Crippen molar-refractivity contribution in [2.45, 2.75) is 0 Å². The lowest BCUT2D eigenvalue weighted by atomic mass is 10.2. The average molecular weight is 391 g/mol. The number of anilines is 1. The molecule has 0 atom stereocenters. The molecule has 28 heavy (non-hydrogen) atoms. The first-order chi connectivity index (χ1) is 13.7. The van der Waals surface area contributed by atoms with E-state index < -0.39 is 4.92 Å². The van der Waals surface area contributed by atoms with E-state index in [2.05, 4.69) is 10.5 Å². The summed E-state index contributed by atoms with van der Waals surface area (Å²) in [7, 11) is 0. The van der Waals surface area contributed by atoms with Gasteiger partial charge in [-0.2, -0.15) is 5.10 Å². The quantitative estimate of drug-likeness (QED) is 0.272. The van der Waals surface area contributed by atoms with E-state index in [1.807, 2.05) is 59.2 Å². The Labute approximate surface area is 165 Å². The van der Waals surface area contributed by atoms with Crippen LogP contribution in [0.2, 0.25) is 5.15 Å². The van der Waals surface area contributed by atoms with Crippen LogP contribution in [0.3, 0.4) is 0 Å². The summed E-state index contributed by atoms with van der Waals surface area (Å²) >= 11 is 6.69. The van der Waals surface area contributed by atoms with Crippen LogP contribution in [-0.4, -0.2) is 15.7 Å². The highest BCUT2D eigenvalue weighted by Gasteiger charge is 2.16. The Kier molecular flexibility index (Phi) is 4.78. The molecule has 7 heteroatoms. The Hall–Kier alpha value is -3.64. The zero-order chi connectivity index (χ0) is 19.5. The highest BCUT2D eigenvalue weighted by atomic mass is 35.5. The molecule has 6 nitrogen and oxygen atoms in total. The van der Waals surface area contributed by atoms with Gasteiger partial charge >= 0.3 is 0 Å². The number of nitro groups is 1. The number of hydrogen-bond donors (Lipinski definition) is 1. The molecule has 1 N–H and O–H groups in total. The SMILES string of the molecule is O=[N+]([O-])c1ccccc1NN=Cc1c(Cl)n(-c2ccccc2)c2ccccc12. The number of rotatable bonds is 5. The molecule has 0 saturated carbocycles. The van der Waals surface area contributed by atoms with Crippen LogP contribution in [0.25, 0.3) is 16.6 Å². The number of nitro benzene ring substituents is 1. The molecule has 138 valence electrons. The predicted octanol–water partition coefficient (Wildman–Crippen LogP) is 5.64. The minimum atomic E-state index is -0.452. The Morgan fingerprint density at radius 3 is 2.43 bits per heavy atom. The van der Waals surface area contributed by atoms with Crippen LogP contribution in [0.5, 0.6) is 0 Å². The van der Waals surface area contributed by atoms with Crippen LogP contribution in [0.15, 0.2) is 84.0 Å². The zero-order valence-corrected chi connectivity index (χ0v) is 15.4. The molecule has 3 aromatic carbocycles. The van der Waals surface area contributed by atoms with Gasteiger partial charge in [0.05, 0.1) is 16.7 Å². The van der Waals surface area contributed by atoms with Gasteiger partial charge in [0, 0.05) is 22.7 Å². The Morgan fingerprint density at radius 1 is 0.964 bits per heavy atom. The van der Waals surface area contributed by atoms with Crippen LogP contribution in [0.4, 0.5) is 11.4 Å². The number of benzene rings is 3. The third-order valence-electron chi connectivity index (χ3n) is 4.35. The van der Waals surface area contributed by atoms with E-state index in [9.17, 15) is 10.1 Å². The van der Waals surface area contributed by atoms with Gasteiger partial charge in [0.25, 0.3) is 5.69 Å². The van der Waals surface area contributed by atoms with Gasteiger partial charge in [-0.1, -0.05) is 60.1 Å². The third kappa shape index (κ3) is 3.21. The fourth-order valence-corrected chi connectivity index (χ4v) is 3.42. The van der Waals surface area contributed by atoms with Crippen molar-refractivity contribution in [1.82, 2.24) is 4.57 Å². The Bertz CT molecular complexity index is 1190. The molecule has 0 radical (unpaired) electrons. The molecule has 4 rings (SSSR count). The summed E-state index contributed by atoms with van der Waals surface area (Å²) in [5.74, 6) is 0. The van der Waals surface area contributed by atoms with Crippen molar-refractivity contribution >= 4 is 40.1 Å². The van der Waals surface area contributed by atoms with E-state index in [0.29, 0.717) is 10.8 Å². The van der Waals surface area contributed by atoms with Gasteiger partial charge in [0.1, 0.15) is 10.8 Å². The lowest BCUT2D eigenvalue weighted by Crippen LogP contribution is -1.97. The van der Waals surface area contributed by atoms with Crippen LogP contribution in [0.1, 0.15) is 5.56 Å². The van der Waals surface area contributed by atoms with Crippen molar-refractivity contribution in [2.75, 3.05) is 5.43 Å². The fourth-order valence-electron chi connectivity index (χ4n) is 3.08. The number of fused-ring (bicyclic) bond motifs is 1. The van der Waals surface area contributed by atoms with Gasteiger partial charge < -0.3 is 0 Å². The summed E-state index contributed by atoms with van der Waals surface area (Å²) in [5, 5.41) is 16.8. The minimum Gasteiger partial charge on any atom is -0.300 e. The van der Waals surface area contributed by atoms with Gasteiger partial charge in [-0.25, -0.2) is 0 Å². The molecule has 0 aliphatic heterocycles. The molecule has 0 aliphatic carbocycles. The van der Waals surface area contributed by atoms with Crippen molar-refractivity contribution in [3.8, 4) is 5.69 Å². The number of nitrogens with zero attached hydrogens (tertiary/aromatic N) is 3. The molecular weight excluding hydrogens is 376 g/mol. The van der Waals surface area contributed by atoms with Crippen LogP contribution in [0, 0.1) is 10.1 Å². The second-order valence-electron chi connectivity index (χ2n) is 6.04. The van der Waals surface area contributed by atoms with Crippen molar-refractivity contribution < 1.29 is 4.92 Å². The molecular formula is C21H15ClN4O2. The molecule has 4 aromatic rings. The predicted molar refractivity (Wildman–Crippen MR) is 113 cm³/mol. The summed E-state index contributed by atoms with van der Waals surface area (Å²) in [6, 6.07) is 24.0. The number of para-hydroxylation sites is 4. The van der Waals surface area contributed by atoms with Crippen molar-refractivity contribution in [3.63, 3.8) is 0 Å². The van der Waals surface area contributed by atoms with E-state index >= 15 is 0 Å². The molecule has 0 saturated heterocycles. The number of halogens is 1. The molecule has 0 amide bonds. The fraction of sp³-hybridized carbons (Fsp3) is 0. The van der Waals surface area contributed by atoms with E-state index in [4.69, 9.17) is 11.6 Å². The normalized spacial score (nSPS) is 11.2. The first kappa shape index (κ1) is 17.8. The lowest BCUT2D eigenvalue weighted by molar-refractivity contribution is -0.384. The van der Waals surface area contributed by atoms with E-state index in [1.165, 1.54) is 6.07 Å². The topological polar surface area (TPSA) is 72.5 Å². The number of hydrogen-bond acceptors (Lipinski definition) is 4. The summed E-state index contributed by atoms with van der Waals surface area (Å²) < 4.78 is 1.95. The third-order valence-corrected chi connectivity index (χ3v) is 4.72. The second-order valence-corrected chi connectivity index (χ2v) is 6.39. The molecule has 0 fully saturated rings. The summed E-state index contributed by atoms with van der Waals surface area (Å²) in [6.45, 7) is 0. The summed E-state index contributed by atoms with van der Waals surface area (Å²) in [4.78, 5) is 10.7. The van der Waals surface area contributed by atoms with Crippen LogP contribution < -0.4 is 5.43 Å². The maximum absolute atomic E-state index is 11.1. The maximum atomic E-state index is 11.1. The van der Waals surface area contributed by atoms with Gasteiger partial charge in [-0.05, 0) is 24.3 Å². The molecule has 0 unspecified atom stereocenters. The van der Waals surface area contributed by atoms with E-state index in [1.54, 1.807) is 24.4 Å². The van der Waals surface area contributed by atoms with Crippen LogP contribution in [-0.2, 0) is 0 Å². The Morgan fingerprint density at radius 2 is 1.64 bits per heavy atom. The van der Waals surface area contributed by atoms with Crippen LogP contribution >= 0.6 is 11.6 Å². The van der Waals surface area contributed by atoms with Gasteiger partial charge in [-0.3, -0.25) is 20.1 Å². The Balaban J connectivity index is 1.75.